The second-order valence-electron chi connectivity index (χ2n) is 16.7. The summed E-state index contributed by atoms with van der Waals surface area (Å²) in [5.74, 6) is 0. The van der Waals surface area contributed by atoms with Gasteiger partial charge in [-0.1, -0.05) is 194 Å². The lowest BCUT2D eigenvalue weighted by Crippen LogP contribution is -2.09. The van der Waals surface area contributed by atoms with Crippen LogP contribution in [0.25, 0.3) is 36.5 Å². The van der Waals surface area contributed by atoms with Gasteiger partial charge in [-0.2, -0.15) is 0 Å². The van der Waals surface area contributed by atoms with Crippen molar-refractivity contribution in [1.82, 2.24) is 0 Å². The van der Waals surface area contributed by atoms with E-state index in [9.17, 15) is 0 Å². The van der Waals surface area contributed by atoms with Gasteiger partial charge in [0.2, 0.25) is 0 Å². The normalized spacial score (nSPS) is 11.3. The Balaban J connectivity index is 0.938. The summed E-state index contributed by atoms with van der Waals surface area (Å²) in [5.41, 5.74) is 16.8. The lowest BCUT2D eigenvalue weighted by Gasteiger charge is -2.25. The highest BCUT2D eigenvalue weighted by molar-refractivity contribution is 5.85. The van der Waals surface area contributed by atoms with Crippen LogP contribution in [-0.2, 0) is 0 Å². The molecule has 0 aromatic heterocycles. The average Bonchev–Trinajstić information content (AvgIpc) is 3.42. The Morgan fingerprint density at radius 1 is 0.174 bits per heavy atom. The molecule has 0 aliphatic rings. The summed E-state index contributed by atoms with van der Waals surface area (Å²) in [6, 6.07) is 96.1. The van der Waals surface area contributed by atoms with Gasteiger partial charge in [-0.15, -0.1) is 0 Å². The molecule has 0 fully saturated rings. The molecular formula is C66H51N3. The number of rotatable bonds is 15. The van der Waals surface area contributed by atoms with Gasteiger partial charge in [-0.05, 0) is 149 Å². The van der Waals surface area contributed by atoms with E-state index in [0.717, 1.165) is 84.6 Å². The van der Waals surface area contributed by atoms with E-state index in [1.165, 1.54) is 0 Å². The van der Waals surface area contributed by atoms with Crippen molar-refractivity contribution in [3.05, 3.63) is 306 Å². The van der Waals surface area contributed by atoms with Gasteiger partial charge in [0.15, 0.2) is 0 Å². The first kappa shape index (κ1) is 43.7. The minimum atomic E-state index is 1.10. The Labute approximate surface area is 406 Å². The van der Waals surface area contributed by atoms with Crippen LogP contribution < -0.4 is 14.7 Å². The fraction of sp³-hybridized carbons (Fsp3) is 0. The monoisotopic (exact) mass is 885 g/mol. The van der Waals surface area contributed by atoms with Crippen LogP contribution in [0.15, 0.2) is 273 Å². The largest absolute Gasteiger partial charge is 0.311 e. The first-order valence-corrected chi connectivity index (χ1v) is 23.4. The van der Waals surface area contributed by atoms with Crippen molar-refractivity contribution in [2.24, 2.45) is 0 Å². The van der Waals surface area contributed by atoms with E-state index in [0.29, 0.717) is 0 Å². The predicted octanol–water partition coefficient (Wildman–Crippen LogP) is 18.6. The topological polar surface area (TPSA) is 9.72 Å². The molecule has 0 unspecified atom stereocenters. The Bertz CT molecular complexity index is 3140. The molecule has 0 bridgehead atoms. The Hall–Kier alpha value is -9.18. The van der Waals surface area contributed by atoms with E-state index in [1.807, 2.05) is 0 Å². The summed E-state index contributed by atoms with van der Waals surface area (Å²) in [6.07, 6.45) is 13.3. The van der Waals surface area contributed by atoms with E-state index >= 15 is 0 Å². The molecule has 0 aliphatic heterocycles. The maximum atomic E-state index is 2.29. The number of anilines is 9. The van der Waals surface area contributed by atoms with E-state index in [-0.39, 0.29) is 0 Å². The van der Waals surface area contributed by atoms with Crippen LogP contribution in [0.3, 0.4) is 0 Å². The van der Waals surface area contributed by atoms with Crippen molar-refractivity contribution in [1.29, 1.82) is 0 Å². The number of hydrogen-bond acceptors (Lipinski definition) is 3. The minimum Gasteiger partial charge on any atom is -0.311 e. The Kier molecular flexibility index (Phi) is 13.6. The van der Waals surface area contributed by atoms with Gasteiger partial charge in [0.05, 0.1) is 0 Å². The zero-order valence-corrected chi connectivity index (χ0v) is 38.3. The molecule has 330 valence electrons. The van der Waals surface area contributed by atoms with Crippen LogP contribution in [0.2, 0.25) is 0 Å². The number of hydrogen-bond donors (Lipinski definition) is 0. The molecule has 3 heteroatoms. The SMILES string of the molecule is C(=Cc1ccc(C=Cc2ccc(N(c3ccccc3)c3ccccc3)cc2)c(C=Cc2ccc(N(c3ccccc3)c3ccccc3)cc2)c1)c1ccc(N(c2ccccc2)c2ccccc2)cc1. The molecule has 0 amide bonds. The molecule has 0 atom stereocenters. The summed E-state index contributed by atoms with van der Waals surface area (Å²) in [5, 5.41) is 0. The highest BCUT2D eigenvalue weighted by atomic mass is 15.2. The third-order valence-corrected chi connectivity index (χ3v) is 12.0. The van der Waals surface area contributed by atoms with Crippen molar-refractivity contribution in [3.63, 3.8) is 0 Å². The Morgan fingerprint density at radius 2 is 0.391 bits per heavy atom. The van der Waals surface area contributed by atoms with Gasteiger partial charge in [-0.3, -0.25) is 0 Å². The van der Waals surface area contributed by atoms with Gasteiger partial charge < -0.3 is 14.7 Å². The first-order valence-electron chi connectivity index (χ1n) is 23.4. The van der Waals surface area contributed by atoms with Crippen molar-refractivity contribution >= 4 is 87.6 Å². The molecule has 0 radical (unpaired) electrons. The van der Waals surface area contributed by atoms with Gasteiger partial charge in [-0.25, -0.2) is 0 Å². The third kappa shape index (κ3) is 10.8. The molecule has 0 spiro atoms. The van der Waals surface area contributed by atoms with Gasteiger partial charge in [0, 0.05) is 51.2 Å². The fourth-order valence-electron chi connectivity index (χ4n) is 8.57. The van der Waals surface area contributed by atoms with Crippen molar-refractivity contribution in [2.75, 3.05) is 14.7 Å². The Morgan fingerprint density at radius 3 is 0.681 bits per heavy atom. The molecule has 0 N–H and O–H groups in total. The van der Waals surface area contributed by atoms with Crippen molar-refractivity contribution in [2.45, 2.75) is 0 Å². The maximum absolute atomic E-state index is 2.29. The highest BCUT2D eigenvalue weighted by Gasteiger charge is 2.14. The lowest BCUT2D eigenvalue weighted by atomic mass is 10.00. The third-order valence-electron chi connectivity index (χ3n) is 12.0. The van der Waals surface area contributed by atoms with Crippen LogP contribution in [-0.4, -0.2) is 0 Å². The number of nitrogens with zero attached hydrogens (tertiary/aromatic N) is 3. The zero-order valence-electron chi connectivity index (χ0n) is 38.3. The lowest BCUT2D eigenvalue weighted by molar-refractivity contribution is 1.28. The molecule has 0 heterocycles. The quantitative estimate of drug-likeness (QED) is 0.0950. The van der Waals surface area contributed by atoms with E-state index in [4.69, 9.17) is 0 Å². The van der Waals surface area contributed by atoms with E-state index < -0.39 is 0 Å². The van der Waals surface area contributed by atoms with Crippen molar-refractivity contribution < 1.29 is 0 Å². The smallest absolute Gasteiger partial charge is 0.0462 e. The van der Waals surface area contributed by atoms with Crippen LogP contribution in [0.4, 0.5) is 51.2 Å². The van der Waals surface area contributed by atoms with Crippen molar-refractivity contribution in [3.8, 4) is 0 Å². The van der Waals surface area contributed by atoms with E-state index in [1.54, 1.807) is 0 Å². The van der Waals surface area contributed by atoms with Gasteiger partial charge >= 0.3 is 0 Å². The number of benzene rings is 10. The fourth-order valence-corrected chi connectivity index (χ4v) is 8.57. The standard InChI is InChI=1S/C66H51N3/c1-7-19-58(20-8-1)67(59-21-9-2-10-22-59)64-45-36-52(37-46-64)31-32-55-35-43-56(42-33-53-38-47-65(48-39-53)68(60-23-11-3-12-24-60)61-25-13-4-14-26-61)57(51-55)44-34-54-40-49-66(50-41-54)69(62-27-15-5-16-28-62)63-29-17-6-18-30-63/h1-51H. The van der Waals surface area contributed by atoms with Crippen LogP contribution in [0.1, 0.15) is 33.4 Å². The molecular weight excluding hydrogens is 835 g/mol. The molecule has 69 heavy (non-hydrogen) atoms. The summed E-state index contributed by atoms with van der Waals surface area (Å²) in [6.45, 7) is 0. The predicted molar refractivity (Wildman–Crippen MR) is 297 cm³/mol. The molecule has 0 aliphatic carbocycles. The van der Waals surface area contributed by atoms with Crippen LogP contribution >= 0.6 is 0 Å². The summed E-state index contributed by atoms with van der Waals surface area (Å²) in [7, 11) is 0. The molecule has 0 saturated heterocycles. The summed E-state index contributed by atoms with van der Waals surface area (Å²) < 4.78 is 0. The highest BCUT2D eigenvalue weighted by Crippen LogP contribution is 2.37. The van der Waals surface area contributed by atoms with Gasteiger partial charge in [0.25, 0.3) is 0 Å². The molecule has 0 saturated carbocycles. The maximum Gasteiger partial charge on any atom is 0.0462 e. The minimum absolute atomic E-state index is 1.10. The average molecular weight is 886 g/mol. The molecule has 10 aromatic carbocycles. The number of para-hydroxylation sites is 6. The van der Waals surface area contributed by atoms with Crippen LogP contribution in [0.5, 0.6) is 0 Å². The zero-order chi connectivity index (χ0) is 46.5. The summed E-state index contributed by atoms with van der Waals surface area (Å²) >= 11 is 0. The van der Waals surface area contributed by atoms with Crippen LogP contribution in [0, 0.1) is 0 Å². The second kappa shape index (κ2) is 21.4. The molecule has 10 rings (SSSR count). The first-order chi connectivity index (χ1) is 34.2. The summed E-state index contributed by atoms with van der Waals surface area (Å²) in [4.78, 5) is 6.86. The molecule has 10 aromatic rings. The van der Waals surface area contributed by atoms with E-state index in [2.05, 4.69) is 324 Å². The van der Waals surface area contributed by atoms with Gasteiger partial charge in [0.1, 0.15) is 0 Å². The second-order valence-corrected chi connectivity index (χ2v) is 16.7. The molecule has 3 nitrogen and oxygen atoms in total.